The lowest BCUT2D eigenvalue weighted by molar-refractivity contribution is 0.102. The Kier molecular flexibility index (Phi) is 5.36. The van der Waals surface area contributed by atoms with Gasteiger partial charge in [0.05, 0.1) is 4.90 Å². The number of anilines is 1. The normalized spacial score (nSPS) is 11.6. The maximum atomic E-state index is 13.2. The summed E-state index contributed by atoms with van der Waals surface area (Å²) < 4.78 is 51.9. The van der Waals surface area contributed by atoms with E-state index in [9.17, 15) is 22.0 Å². The zero-order valence-electron chi connectivity index (χ0n) is 12.7. The topological polar surface area (TPSA) is 66.5 Å². The molecule has 1 N–H and O–H groups in total. The number of nitrogens with zero attached hydrogens (tertiary/aromatic N) is 1. The van der Waals surface area contributed by atoms with Gasteiger partial charge in [-0.3, -0.25) is 4.79 Å². The number of hydrogen-bond donors (Lipinski definition) is 1. The first-order valence-corrected chi connectivity index (χ1v) is 8.84. The van der Waals surface area contributed by atoms with Gasteiger partial charge in [0.15, 0.2) is 11.6 Å². The van der Waals surface area contributed by atoms with Gasteiger partial charge in [0, 0.05) is 35.9 Å². The Hall–Kier alpha value is -1.84. The molecule has 1 amide bonds. The molecule has 2 aromatic carbocycles. The number of amides is 1. The van der Waals surface area contributed by atoms with Crippen molar-refractivity contribution in [3.8, 4) is 0 Å². The number of benzene rings is 2. The molecule has 2 aromatic rings. The third kappa shape index (κ3) is 3.80. The van der Waals surface area contributed by atoms with Gasteiger partial charge in [-0.15, -0.1) is 0 Å². The third-order valence-electron chi connectivity index (χ3n) is 3.13. The molecular formula is C15H13BrF2N2O3S. The quantitative estimate of drug-likeness (QED) is 0.828. The van der Waals surface area contributed by atoms with Gasteiger partial charge in [-0.05, 0) is 46.3 Å². The minimum atomic E-state index is -3.75. The van der Waals surface area contributed by atoms with Crippen molar-refractivity contribution in [3.63, 3.8) is 0 Å². The number of rotatable bonds is 4. The van der Waals surface area contributed by atoms with Crippen molar-refractivity contribution in [1.29, 1.82) is 0 Å². The molecule has 24 heavy (non-hydrogen) atoms. The highest BCUT2D eigenvalue weighted by atomic mass is 79.9. The lowest BCUT2D eigenvalue weighted by Crippen LogP contribution is -2.23. The highest BCUT2D eigenvalue weighted by Gasteiger charge is 2.22. The second-order valence-corrected chi connectivity index (χ2v) is 7.99. The summed E-state index contributed by atoms with van der Waals surface area (Å²) in [7, 11) is -1.01. The van der Waals surface area contributed by atoms with Crippen molar-refractivity contribution >= 4 is 37.5 Å². The summed E-state index contributed by atoms with van der Waals surface area (Å²) in [6, 6.07) is 6.96. The number of hydrogen-bond acceptors (Lipinski definition) is 3. The Morgan fingerprint density at radius 1 is 1.08 bits per heavy atom. The number of nitrogens with one attached hydrogen (secondary N) is 1. The van der Waals surface area contributed by atoms with Gasteiger partial charge in [-0.1, -0.05) is 0 Å². The Labute approximate surface area is 146 Å². The second-order valence-electron chi connectivity index (χ2n) is 5.02. The smallest absolute Gasteiger partial charge is 0.255 e. The fourth-order valence-corrected chi connectivity index (χ4v) is 3.66. The van der Waals surface area contributed by atoms with E-state index < -0.39 is 27.6 Å². The molecule has 0 saturated carbocycles. The van der Waals surface area contributed by atoms with Crippen molar-refractivity contribution in [2.45, 2.75) is 4.90 Å². The molecule has 0 radical (unpaired) electrons. The Bertz CT molecular complexity index is 902. The lowest BCUT2D eigenvalue weighted by atomic mass is 10.2. The first-order chi connectivity index (χ1) is 11.1. The number of carbonyl (C=O) groups excluding carboxylic acids is 1. The molecule has 5 nitrogen and oxygen atoms in total. The highest BCUT2D eigenvalue weighted by Crippen LogP contribution is 2.25. The molecule has 2 rings (SSSR count). The van der Waals surface area contributed by atoms with Gasteiger partial charge in [-0.2, -0.15) is 0 Å². The Morgan fingerprint density at radius 2 is 1.75 bits per heavy atom. The van der Waals surface area contributed by atoms with E-state index >= 15 is 0 Å². The molecular weight excluding hydrogens is 406 g/mol. The van der Waals surface area contributed by atoms with Gasteiger partial charge in [-0.25, -0.2) is 21.5 Å². The molecule has 128 valence electrons. The zero-order chi connectivity index (χ0) is 18.1. The molecule has 0 aliphatic carbocycles. The molecule has 0 spiro atoms. The maximum Gasteiger partial charge on any atom is 0.255 e. The van der Waals surface area contributed by atoms with Crippen LogP contribution in [0.15, 0.2) is 45.8 Å². The third-order valence-corrected chi connectivity index (χ3v) is 5.94. The fraction of sp³-hybridized carbons (Fsp3) is 0.133. The first kappa shape index (κ1) is 18.5. The summed E-state index contributed by atoms with van der Waals surface area (Å²) >= 11 is 3.14. The summed E-state index contributed by atoms with van der Waals surface area (Å²) in [5.74, 6) is -2.78. The van der Waals surface area contributed by atoms with Crippen LogP contribution in [0.1, 0.15) is 10.4 Å². The van der Waals surface area contributed by atoms with Crippen molar-refractivity contribution in [3.05, 3.63) is 58.1 Å². The van der Waals surface area contributed by atoms with E-state index in [-0.39, 0.29) is 16.1 Å². The van der Waals surface area contributed by atoms with Crippen molar-refractivity contribution in [1.82, 2.24) is 4.31 Å². The van der Waals surface area contributed by atoms with Gasteiger partial charge in [0.1, 0.15) is 0 Å². The molecule has 0 aromatic heterocycles. The summed E-state index contributed by atoms with van der Waals surface area (Å²) in [4.78, 5) is 12.1. The molecule has 0 bridgehead atoms. The van der Waals surface area contributed by atoms with Crippen LogP contribution in [0.5, 0.6) is 0 Å². The van der Waals surface area contributed by atoms with Crippen LogP contribution in [0.25, 0.3) is 0 Å². The maximum absolute atomic E-state index is 13.2. The van der Waals surface area contributed by atoms with Crippen LogP contribution in [0.4, 0.5) is 14.5 Å². The Morgan fingerprint density at radius 3 is 2.33 bits per heavy atom. The largest absolute Gasteiger partial charge is 0.322 e. The Balaban J connectivity index is 2.35. The molecule has 0 unspecified atom stereocenters. The second kappa shape index (κ2) is 6.96. The van der Waals surface area contributed by atoms with Crippen LogP contribution in [0, 0.1) is 11.6 Å². The minimum absolute atomic E-state index is 0.0545. The van der Waals surface area contributed by atoms with E-state index in [1.807, 2.05) is 0 Å². The summed E-state index contributed by atoms with van der Waals surface area (Å²) in [5.41, 5.74) is 0.113. The van der Waals surface area contributed by atoms with Crippen molar-refractivity contribution < 1.29 is 22.0 Å². The van der Waals surface area contributed by atoms with Crippen LogP contribution in [0.2, 0.25) is 0 Å². The zero-order valence-corrected chi connectivity index (χ0v) is 15.1. The van der Waals surface area contributed by atoms with E-state index in [2.05, 4.69) is 21.2 Å². The highest BCUT2D eigenvalue weighted by molar-refractivity contribution is 9.10. The van der Waals surface area contributed by atoms with E-state index in [4.69, 9.17) is 0 Å². The SMILES string of the molecule is CN(C)S(=O)(=O)c1cc(C(=O)Nc2ccc(F)c(F)c2)ccc1Br. The monoisotopic (exact) mass is 418 g/mol. The molecule has 9 heteroatoms. The van der Waals surface area contributed by atoms with Crippen LogP contribution in [0.3, 0.4) is 0 Å². The van der Waals surface area contributed by atoms with Crippen LogP contribution < -0.4 is 5.32 Å². The number of halogens is 3. The predicted octanol–water partition coefficient (Wildman–Crippen LogP) is 3.23. The summed E-state index contributed by atoms with van der Waals surface area (Å²) in [6.45, 7) is 0. The van der Waals surface area contributed by atoms with Crippen molar-refractivity contribution in [2.24, 2.45) is 0 Å². The molecule has 0 aliphatic rings. The van der Waals surface area contributed by atoms with E-state index in [1.54, 1.807) is 0 Å². The van der Waals surface area contributed by atoms with Crippen LogP contribution in [-0.4, -0.2) is 32.7 Å². The van der Waals surface area contributed by atoms with E-state index in [0.29, 0.717) is 4.47 Å². The number of sulfonamides is 1. The fourth-order valence-electron chi connectivity index (χ4n) is 1.82. The molecule has 0 aliphatic heterocycles. The molecule has 0 heterocycles. The van der Waals surface area contributed by atoms with E-state index in [0.717, 1.165) is 16.4 Å². The molecule has 0 fully saturated rings. The average Bonchev–Trinajstić information content (AvgIpc) is 2.51. The standard InChI is InChI=1S/C15H13BrF2N2O3S/c1-20(2)24(22,23)14-7-9(3-5-11(14)16)15(21)19-10-4-6-12(17)13(18)8-10/h3-8H,1-2H3,(H,19,21). The van der Waals surface area contributed by atoms with Gasteiger partial charge < -0.3 is 5.32 Å². The summed E-state index contributed by atoms with van der Waals surface area (Å²) in [6.07, 6.45) is 0. The van der Waals surface area contributed by atoms with Gasteiger partial charge >= 0.3 is 0 Å². The number of carbonyl (C=O) groups is 1. The molecule has 0 atom stereocenters. The summed E-state index contributed by atoms with van der Waals surface area (Å²) in [5, 5.41) is 2.38. The predicted molar refractivity (Wildman–Crippen MR) is 89.3 cm³/mol. The van der Waals surface area contributed by atoms with Gasteiger partial charge in [0.2, 0.25) is 10.0 Å². The molecule has 0 saturated heterocycles. The van der Waals surface area contributed by atoms with Crippen LogP contribution in [-0.2, 0) is 10.0 Å². The van der Waals surface area contributed by atoms with E-state index in [1.165, 1.54) is 38.4 Å². The first-order valence-electron chi connectivity index (χ1n) is 6.61. The van der Waals surface area contributed by atoms with Gasteiger partial charge in [0.25, 0.3) is 5.91 Å². The lowest BCUT2D eigenvalue weighted by Gasteiger charge is -2.14. The average molecular weight is 419 g/mol. The van der Waals surface area contributed by atoms with Crippen LogP contribution >= 0.6 is 15.9 Å². The van der Waals surface area contributed by atoms with Crippen molar-refractivity contribution in [2.75, 3.05) is 19.4 Å². The minimum Gasteiger partial charge on any atom is -0.322 e.